The highest BCUT2D eigenvalue weighted by atomic mass is 16.5. The van der Waals surface area contributed by atoms with Gasteiger partial charge in [0.15, 0.2) is 0 Å². The Morgan fingerprint density at radius 1 is 1.32 bits per heavy atom. The maximum Gasteiger partial charge on any atom is 0.253 e. The first-order valence-electron chi connectivity index (χ1n) is 8.19. The molecule has 1 amide bonds. The molecular weight excluding hydrogens is 278 g/mol. The predicted octanol–water partition coefficient (Wildman–Crippen LogP) is 3.02. The van der Waals surface area contributed by atoms with Crippen LogP contribution < -0.4 is 4.74 Å². The van der Waals surface area contributed by atoms with Crippen LogP contribution in [0.4, 0.5) is 0 Å². The second-order valence-electron chi connectivity index (χ2n) is 6.22. The quantitative estimate of drug-likeness (QED) is 0.909. The van der Waals surface area contributed by atoms with Gasteiger partial charge in [-0.1, -0.05) is 13.0 Å². The van der Waals surface area contributed by atoms with Gasteiger partial charge in [-0.3, -0.25) is 4.79 Å². The van der Waals surface area contributed by atoms with Gasteiger partial charge >= 0.3 is 0 Å². The van der Waals surface area contributed by atoms with Crippen molar-refractivity contribution in [2.24, 2.45) is 5.41 Å². The number of aliphatic hydroxyl groups is 1. The average molecular weight is 305 g/mol. The SMILES string of the molecule is CCOc1cc(C(=O)N2CCC(CC)(CO)CC2)ccc1C. The molecule has 0 spiro atoms. The van der Waals surface area contributed by atoms with Crippen LogP contribution in [-0.2, 0) is 0 Å². The lowest BCUT2D eigenvalue weighted by molar-refractivity contribution is 0.0338. The summed E-state index contributed by atoms with van der Waals surface area (Å²) in [4.78, 5) is 14.6. The minimum Gasteiger partial charge on any atom is -0.494 e. The number of hydrogen-bond acceptors (Lipinski definition) is 3. The first-order chi connectivity index (χ1) is 10.5. The Bertz CT molecular complexity index is 513. The van der Waals surface area contributed by atoms with E-state index in [0.29, 0.717) is 25.3 Å². The number of aryl methyl sites for hydroxylation is 1. The van der Waals surface area contributed by atoms with Crippen molar-refractivity contribution in [3.63, 3.8) is 0 Å². The van der Waals surface area contributed by atoms with Crippen LogP contribution in [-0.4, -0.2) is 42.2 Å². The molecule has 0 aliphatic carbocycles. The summed E-state index contributed by atoms with van der Waals surface area (Å²) in [5.74, 6) is 0.840. The van der Waals surface area contributed by atoms with E-state index in [1.54, 1.807) is 0 Å². The fourth-order valence-electron chi connectivity index (χ4n) is 3.03. The van der Waals surface area contributed by atoms with E-state index in [9.17, 15) is 9.90 Å². The zero-order valence-electron chi connectivity index (χ0n) is 13.9. The van der Waals surface area contributed by atoms with Crippen LogP contribution in [0.1, 0.15) is 49.0 Å². The average Bonchev–Trinajstić information content (AvgIpc) is 2.56. The van der Waals surface area contributed by atoms with Crippen molar-refractivity contribution < 1.29 is 14.6 Å². The van der Waals surface area contributed by atoms with Gasteiger partial charge in [-0.05, 0) is 56.2 Å². The van der Waals surface area contributed by atoms with Gasteiger partial charge in [0.25, 0.3) is 5.91 Å². The smallest absolute Gasteiger partial charge is 0.253 e. The van der Waals surface area contributed by atoms with E-state index in [4.69, 9.17) is 4.74 Å². The summed E-state index contributed by atoms with van der Waals surface area (Å²) in [6.45, 7) is 8.27. The Kier molecular flexibility index (Phi) is 5.46. The first-order valence-corrected chi connectivity index (χ1v) is 8.19. The number of hydrogen-bond donors (Lipinski definition) is 1. The van der Waals surface area contributed by atoms with Crippen molar-refractivity contribution in [3.8, 4) is 5.75 Å². The van der Waals surface area contributed by atoms with E-state index in [2.05, 4.69) is 6.92 Å². The number of likely N-dealkylation sites (tertiary alicyclic amines) is 1. The number of benzene rings is 1. The molecule has 22 heavy (non-hydrogen) atoms. The Morgan fingerprint density at radius 3 is 2.55 bits per heavy atom. The van der Waals surface area contributed by atoms with E-state index < -0.39 is 0 Å². The van der Waals surface area contributed by atoms with E-state index in [0.717, 1.165) is 30.6 Å². The zero-order valence-corrected chi connectivity index (χ0v) is 13.9. The molecule has 0 unspecified atom stereocenters. The number of nitrogens with zero attached hydrogens (tertiary/aromatic N) is 1. The number of amides is 1. The first kappa shape index (κ1) is 16.8. The third-order valence-electron chi connectivity index (χ3n) is 4.93. The summed E-state index contributed by atoms with van der Waals surface area (Å²) >= 11 is 0. The Hall–Kier alpha value is -1.55. The second kappa shape index (κ2) is 7.14. The fraction of sp³-hybridized carbons (Fsp3) is 0.611. The van der Waals surface area contributed by atoms with Crippen molar-refractivity contribution in [3.05, 3.63) is 29.3 Å². The van der Waals surface area contributed by atoms with Crippen LogP contribution >= 0.6 is 0 Å². The molecule has 2 rings (SSSR count). The molecule has 1 fully saturated rings. The number of piperidine rings is 1. The van der Waals surface area contributed by atoms with Crippen molar-refractivity contribution in [2.75, 3.05) is 26.3 Å². The van der Waals surface area contributed by atoms with Gasteiger partial charge in [-0.15, -0.1) is 0 Å². The monoisotopic (exact) mass is 305 g/mol. The minimum atomic E-state index is 0.000534. The molecule has 1 aliphatic heterocycles. The maximum absolute atomic E-state index is 12.7. The van der Waals surface area contributed by atoms with Crippen molar-refractivity contribution in [2.45, 2.75) is 40.0 Å². The minimum absolute atomic E-state index is 0.000534. The maximum atomic E-state index is 12.7. The van der Waals surface area contributed by atoms with E-state index in [-0.39, 0.29) is 17.9 Å². The van der Waals surface area contributed by atoms with Gasteiger partial charge in [0.1, 0.15) is 5.75 Å². The van der Waals surface area contributed by atoms with E-state index in [1.165, 1.54) is 0 Å². The third-order valence-corrected chi connectivity index (χ3v) is 4.93. The van der Waals surface area contributed by atoms with Gasteiger partial charge in [-0.25, -0.2) is 0 Å². The lowest BCUT2D eigenvalue weighted by atomic mass is 9.77. The molecule has 0 atom stereocenters. The molecular formula is C18H27NO3. The molecule has 1 aromatic carbocycles. The second-order valence-corrected chi connectivity index (χ2v) is 6.22. The summed E-state index contributed by atoms with van der Waals surface area (Å²) in [5, 5.41) is 9.59. The van der Waals surface area contributed by atoms with E-state index >= 15 is 0 Å². The van der Waals surface area contributed by atoms with Gasteiger partial charge < -0.3 is 14.7 Å². The molecule has 0 bridgehead atoms. The number of carbonyl (C=O) groups is 1. The van der Waals surface area contributed by atoms with Gasteiger partial charge in [0.2, 0.25) is 0 Å². The highest BCUT2D eigenvalue weighted by Crippen LogP contribution is 2.34. The van der Waals surface area contributed by atoms with Crippen LogP contribution in [0.15, 0.2) is 18.2 Å². The Labute approximate surface area is 133 Å². The zero-order chi connectivity index (χ0) is 16.2. The Morgan fingerprint density at radius 2 is 2.00 bits per heavy atom. The Balaban J connectivity index is 2.08. The van der Waals surface area contributed by atoms with Crippen molar-refractivity contribution in [1.29, 1.82) is 0 Å². The normalized spacial score (nSPS) is 17.4. The lowest BCUT2D eigenvalue weighted by Crippen LogP contribution is -2.44. The largest absolute Gasteiger partial charge is 0.494 e. The lowest BCUT2D eigenvalue weighted by Gasteiger charge is -2.40. The molecule has 0 saturated carbocycles. The van der Waals surface area contributed by atoms with Gasteiger partial charge in [0, 0.05) is 25.3 Å². The summed E-state index contributed by atoms with van der Waals surface area (Å²) < 4.78 is 5.58. The number of rotatable bonds is 5. The number of ether oxygens (including phenoxy) is 1. The van der Waals surface area contributed by atoms with Gasteiger partial charge in [-0.2, -0.15) is 0 Å². The molecule has 1 aliphatic rings. The van der Waals surface area contributed by atoms with Crippen molar-refractivity contribution >= 4 is 5.91 Å². The fourth-order valence-corrected chi connectivity index (χ4v) is 3.03. The molecule has 122 valence electrons. The molecule has 1 aromatic rings. The highest BCUT2D eigenvalue weighted by molar-refractivity contribution is 5.94. The summed E-state index contributed by atoms with van der Waals surface area (Å²) in [7, 11) is 0. The van der Waals surface area contributed by atoms with Crippen LogP contribution in [0, 0.1) is 12.3 Å². The van der Waals surface area contributed by atoms with Crippen LogP contribution in [0.5, 0.6) is 5.75 Å². The molecule has 4 heteroatoms. The summed E-state index contributed by atoms with van der Waals surface area (Å²) in [6.07, 6.45) is 2.70. The van der Waals surface area contributed by atoms with Crippen LogP contribution in [0.25, 0.3) is 0 Å². The molecule has 0 radical (unpaired) electrons. The standard InChI is InChI=1S/C18H27NO3/c1-4-18(13-20)8-10-19(11-9-18)17(21)15-7-6-14(3)16(12-15)22-5-2/h6-7,12,20H,4-5,8-11,13H2,1-3H3. The third kappa shape index (κ3) is 3.43. The van der Waals surface area contributed by atoms with Crippen LogP contribution in [0.2, 0.25) is 0 Å². The van der Waals surface area contributed by atoms with Gasteiger partial charge in [0.05, 0.1) is 6.61 Å². The number of carbonyl (C=O) groups excluding carboxylic acids is 1. The summed E-state index contributed by atoms with van der Waals surface area (Å²) in [6, 6.07) is 5.65. The highest BCUT2D eigenvalue weighted by Gasteiger charge is 2.34. The molecule has 4 nitrogen and oxygen atoms in total. The molecule has 0 aromatic heterocycles. The summed E-state index contributed by atoms with van der Waals surface area (Å²) in [5.41, 5.74) is 1.73. The topological polar surface area (TPSA) is 49.8 Å². The predicted molar refractivity (Wildman–Crippen MR) is 87.3 cm³/mol. The molecule has 1 saturated heterocycles. The van der Waals surface area contributed by atoms with E-state index in [1.807, 2.05) is 36.9 Å². The van der Waals surface area contributed by atoms with Crippen LogP contribution in [0.3, 0.4) is 0 Å². The molecule has 1 N–H and O–H groups in total. The number of aliphatic hydroxyl groups excluding tert-OH is 1. The van der Waals surface area contributed by atoms with Crippen molar-refractivity contribution in [1.82, 2.24) is 4.90 Å². The molecule has 1 heterocycles.